The van der Waals surface area contributed by atoms with Gasteiger partial charge in [0.2, 0.25) is 0 Å². The maximum absolute atomic E-state index is 13.8. The van der Waals surface area contributed by atoms with Gasteiger partial charge in [-0.1, -0.05) is 59.9 Å². The molecule has 1 aromatic heterocycles. The number of methoxy groups -OCH3 is 1. The Labute approximate surface area is 220 Å². The molecule has 6 nitrogen and oxygen atoms in total. The van der Waals surface area contributed by atoms with Crippen LogP contribution in [0.1, 0.15) is 31.0 Å². The molecular formula is C28H23BrN2O4S. The fourth-order valence-electron chi connectivity index (χ4n) is 4.50. The number of hydrogen-bond acceptors (Lipinski definition) is 6. The van der Waals surface area contributed by atoms with Gasteiger partial charge < -0.3 is 9.47 Å². The predicted molar refractivity (Wildman–Crippen MR) is 145 cm³/mol. The summed E-state index contributed by atoms with van der Waals surface area (Å²) >= 11 is 4.81. The second-order valence-corrected chi connectivity index (χ2v) is 10.1. The Morgan fingerprint density at radius 3 is 2.69 bits per heavy atom. The van der Waals surface area contributed by atoms with Crippen LogP contribution in [0.5, 0.6) is 5.75 Å². The zero-order valence-corrected chi connectivity index (χ0v) is 22.4. The van der Waals surface area contributed by atoms with Crippen molar-refractivity contribution in [3.05, 3.63) is 107 Å². The topological polar surface area (TPSA) is 69.9 Å². The van der Waals surface area contributed by atoms with E-state index in [-0.39, 0.29) is 12.2 Å². The van der Waals surface area contributed by atoms with Gasteiger partial charge in [-0.15, -0.1) is 0 Å². The maximum Gasteiger partial charge on any atom is 0.338 e. The van der Waals surface area contributed by atoms with E-state index >= 15 is 0 Å². The smallest absolute Gasteiger partial charge is 0.338 e. The Kier molecular flexibility index (Phi) is 6.64. The van der Waals surface area contributed by atoms with Gasteiger partial charge in [-0.2, -0.15) is 0 Å². The molecule has 2 heterocycles. The molecule has 4 aromatic rings. The lowest BCUT2D eigenvalue weighted by Gasteiger charge is -2.25. The van der Waals surface area contributed by atoms with Crippen molar-refractivity contribution >= 4 is 50.1 Å². The Balaban J connectivity index is 1.77. The van der Waals surface area contributed by atoms with E-state index in [4.69, 9.17) is 9.47 Å². The minimum absolute atomic E-state index is 0.210. The Hall–Kier alpha value is -3.49. The number of allylic oxidation sites excluding steroid dienone is 1. The summed E-state index contributed by atoms with van der Waals surface area (Å²) in [4.78, 5) is 32.2. The average Bonchev–Trinajstić information content (AvgIpc) is 3.17. The summed E-state index contributed by atoms with van der Waals surface area (Å²) in [5.74, 6) is 0.240. The number of ether oxygens (including phenoxy) is 2. The summed E-state index contributed by atoms with van der Waals surface area (Å²) < 4.78 is 13.7. The quantitative estimate of drug-likeness (QED) is 0.330. The molecule has 1 atom stereocenters. The van der Waals surface area contributed by atoms with E-state index in [0.29, 0.717) is 26.4 Å². The summed E-state index contributed by atoms with van der Waals surface area (Å²) in [6.07, 6.45) is 1.83. The van der Waals surface area contributed by atoms with E-state index in [9.17, 15) is 9.59 Å². The van der Waals surface area contributed by atoms with E-state index in [2.05, 4.69) is 20.9 Å². The van der Waals surface area contributed by atoms with Crippen molar-refractivity contribution in [3.63, 3.8) is 0 Å². The van der Waals surface area contributed by atoms with E-state index < -0.39 is 12.0 Å². The highest BCUT2D eigenvalue weighted by Crippen LogP contribution is 2.34. The van der Waals surface area contributed by atoms with Crippen molar-refractivity contribution in [2.75, 3.05) is 13.7 Å². The average molecular weight is 563 g/mol. The number of rotatable bonds is 5. The van der Waals surface area contributed by atoms with Gasteiger partial charge in [0.1, 0.15) is 5.75 Å². The number of fused-ring (bicyclic) bond motifs is 2. The summed E-state index contributed by atoms with van der Waals surface area (Å²) in [5.41, 5.74) is 2.41. The Bertz CT molecular complexity index is 1710. The van der Waals surface area contributed by atoms with Crippen LogP contribution in [0.2, 0.25) is 0 Å². The van der Waals surface area contributed by atoms with Crippen LogP contribution in [0.25, 0.3) is 16.8 Å². The molecule has 1 aliphatic heterocycles. The SMILES string of the molecule is CCOC(=O)C1=C(C)N=c2s/c(=C\c3ccc(OC)c(Br)c3)c(=O)n2[C@H]1c1cccc2ccccc12. The first-order valence-corrected chi connectivity index (χ1v) is 13.0. The number of halogens is 1. The van der Waals surface area contributed by atoms with Crippen LogP contribution in [0.4, 0.5) is 0 Å². The highest BCUT2D eigenvalue weighted by Gasteiger charge is 2.34. The first-order valence-electron chi connectivity index (χ1n) is 11.4. The lowest BCUT2D eigenvalue weighted by atomic mass is 9.91. The number of thiazole rings is 1. The first kappa shape index (κ1) is 24.2. The molecule has 3 aromatic carbocycles. The van der Waals surface area contributed by atoms with Gasteiger partial charge >= 0.3 is 5.97 Å². The third-order valence-electron chi connectivity index (χ3n) is 6.11. The molecule has 36 heavy (non-hydrogen) atoms. The molecule has 0 spiro atoms. The van der Waals surface area contributed by atoms with Gasteiger partial charge in [-0.05, 0) is 69.9 Å². The molecule has 0 bridgehead atoms. The van der Waals surface area contributed by atoms with Crippen molar-refractivity contribution in [1.29, 1.82) is 0 Å². The van der Waals surface area contributed by atoms with Crippen molar-refractivity contribution in [2.45, 2.75) is 19.9 Å². The van der Waals surface area contributed by atoms with Crippen LogP contribution < -0.4 is 19.6 Å². The third kappa shape index (κ3) is 4.20. The zero-order valence-electron chi connectivity index (χ0n) is 19.9. The van der Waals surface area contributed by atoms with Gasteiger partial charge in [-0.3, -0.25) is 9.36 Å². The van der Waals surface area contributed by atoms with Crippen molar-refractivity contribution in [1.82, 2.24) is 4.57 Å². The second-order valence-electron chi connectivity index (χ2n) is 8.26. The highest BCUT2D eigenvalue weighted by molar-refractivity contribution is 9.10. The lowest BCUT2D eigenvalue weighted by molar-refractivity contribution is -0.139. The summed E-state index contributed by atoms with van der Waals surface area (Å²) in [6, 6.07) is 18.8. The summed E-state index contributed by atoms with van der Waals surface area (Å²) in [5, 5.41) is 1.99. The number of carbonyl (C=O) groups excluding carboxylic acids is 1. The van der Waals surface area contributed by atoms with Crippen LogP contribution in [0, 0.1) is 0 Å². The predicted octanol–water partition coefficient (Wildman–Crippen LogP) is 4.72. The molecule has 0 unspecified atom stereocenters. The summed E-state index contributed by atoms with van der Waals surface area (Å²) in [7, 11) is 1.61. The van der Waals surface area contributed by atoms with Crippen molar-refractivity contribution in [3.8, 4) is 5.75 Å². The van der Waals surface area contributed by atoms with Crippen LogP contribution in [-0.4, -0.2) is 24.3 Å². The monoisotopic (exact) mass is 562 g/mol. The van der Waals surface area contributed by atoms with Crippen LogP contribution in [-0.2, 0) is 9.53 Å². The van der Waals surface area contributed by atoms with Crippen molar-refractivity contribution < 1.29 is 14.3 Å². The number of carbonyl (C=O) groups is 1. The number of esters is 1. The van der Waals surface area contributed by atoms with Crippen LogP contribution >= 0.6 is 27.3 Å². The fourth-order valence-corrected chi connectivity index (χ4v) is 6.10. The largest absolute Gasteiger partial charge is 0.496 e. The standard InChI is InChI=1S/C28H23BrN2O4S/c1-4-35-27(33)24-16(2)30-28-31(25(24)20-11-7-9-18-8-5-6-10-19(18)20)26(32)23(36-28)15-17-12-13-22(34-3)21(29)14-17/h5-15,25H,4H2,1-3H3/b23-15-/t25-/m0/s1. The summed E-state index contributed by atoms with van der Waals surface area (Å²) in [6.45, 7) is 3.79. The van der Waals surface area contributed by atoms with E-state index in [1.54, 1.807) is 25.5 Å². The number of hydrogen-bond donors (Lipinski definition) is 0. The van der Waals surface area contributed by atoms with E-state index in [1.165, 1.54) is 11.3 Å². The zero-order chi connectivity index (χ0) is 25.4. The molecule has 0 saturated heterocycles. The molecule has 182 valence electrons. The van der Waals surface area contributed by atoms with Crippen LogP contribution in [0.15, 0.2) is 86.2 Å². The van der Waals surface area contributed by atoms with E-state index in [1.807, 2.05) is 66.7 Å². The van der Waals surface area contributed by atoms with Gasteiger partial charge in [0, 0.05) is 0 Å². The van der Waals surface area contributed by atoms with Gasteiger partial charge in [-0.25, -0.2) is 9.79 Å². The molecule has 1 aliphatic rings. The third-order valence-corrected chi connectivity index (χ3v) is 7.71. The Morgan fingerprint density at radius 1 is 1.17 bits per heavy atom. The molecule has 0 N–H and O–H groups in total. The molecule has 0 amide bonds. The fraction of sp³-hybridized carbons (Fsp3) is 0.179. The normalized spacial score (nSPS) is 15.6. The molecule has 0 aliphatic carbocycles. The Morgan fingerprint density at radius 2 is 1.94 bits per heavy atom. The van der Waals surface area contributed by atoms with Gasteiger partial charge in [0.15, 0.2) is 4.80 Å². The van der Waals surface area contributed by atoms with Crippen LogP contribution in [0.3, 0.4) is 0 Å². The maximum atomic E-state index is 13.8. The molecule has 8 heteroatoms. The lowest BCUT2D eigenvalue weighted by Crippen LogP contribution is -2.40. The first-order chi connectivity index (χ1) is 17.4. The van der Waals surface area contributed by atoms with Crippen molar-refractivity contribution in [2.24, 2.45) is 4.99 Å². The van der Waals surface area contributed by atoms with Gasteiger partial charge in [0.05, 0.1) is 40.0 Å². The molecule has 0 radical (unpaired) electrons. The van der Waals surface area contributed by atoms with E-state index in [0.717, 1.165) is 26.4 Å². The number of nitrogens with zero attached hydrogens (tertiary/aromatic N) is 2. The molecular weight excluding hydrogens is 540 g/mol. The molecule has 0 saturated carbocycles. The highest BCUT2D eigenvalue weighted by atomic mass is 79.9. The van der Waals surface area contributed by atoms with Gasteiger partial charge in [0.25, 0.3) is 5.56 Å². The second kappa shape index (κ2) is 9.87. The molecule has 5 rings (SSSR count). The number of benzene rings is 3. The minimum atomic E-state index is -0.656. The number of aromatic nitrogens is 1. The molecule has 0 fully saturated rings. The minimum Gasteiger partial charge on any atom is -0.496 e.